The Morgan fingerprint density at radius 2 is 1.97 bits per heavy atom. The number of halogens is 3. The van der Waals surface area contributed by atoms with E-state index in [0.29, 0.717) is 27.8 Å². The number of hydrogen-bond acceptors (Lipinski definition) is 4. The molecule has 7 nitrogen and oxygen atoms in total. The number of aromatic amines is 1. The number of carbonyl (C=O) groups is 1. The lowest BCUT2D eigenvalue weighted by molar-refractivity contribution is 0.0952. The Morgan fingerprint density at radius 3 is 2.69 bits per heavy atom. The van der Waals surface area contributed by atoms with E-state index in [4.69, 9.17) is 28.2 Å². The zero-order valence-corrected chi connectivity index (χ0v) is 20.9. The number of benzene rings is 3. The molecule has 10 heteroatoms. The lowest BCUT2D eigenvalue weighted by Crippen LogP contribution is -2.29. The Balaban J connectivity index is 1.43. The van der Waals surface area contributed by atoms with E-state index in [9.17, 15) is 9.18 Å². The van der Waals surface area contributed by atoms with E-state index in [1.165, 1.54) is 12.1 Å². The van der Waals surface area contributed by atoms with E-state index in [0.717, 1.165) is 22.3 Å². The highest BCUT2D eigenvalue weighted by molar-refractivity contribution is 6.34. The number of hydrogen-bond donors (Lipinski definition) is 2. The second-order valence-electron chi connectivity index (χ2n) is 8.47. The van der Waals surface area contributed by atoms with Crippen molar-refractivity contribution >= 4 is 40.1 Å². The van der Waals surface area contributed by atoms with E-state index >= 15 is 0 Å². The van der Waals surface area contributed by atoms with Crippen LogP contribution in [0.5, 0.6) is 0 Å². The number of aromatic nitrogens is 5. The normalized spacial score (nSPS) is 12.1. The van der Waals surface area contributed by atoms with Crippen molar-refractivity contribution in [2.24, 2.45) is 0 Å². The maximum absolute atomic E-state index is 14.1. The molecule has 3 aromatic carbocycles. The fourth-order valence-electron chi connectivity index (χ4n) is 4.20. The van der Waals surface area contributed by atoms with Crippen molar-refractivity contribution in [3.8, 4) is 5.69 Å². The van der Waals surface area contributed by atoms with Gasteiger partial charge >= 0.3 is 0 Å². The molecule has 0 aliphatic carbocycles. The van der Waals surface area contributed by atoms with Gasteiger partial charge in [-0.2, -0.15) is 0 Å². The molecule has 5 aromatic rings. The van der Waals surface area contributed by atoms with Crippen LogP contribution in [0.25, 0.3) is 16.7 Å². The molecule has 2 N–H and O–H groups in total. The van der Waals surface area contributed by atoms with Crippen LogP contribution in [0.15, 0.2) is 60.9 Å². The second-order valence-corrected chi connectivity index (χ2v) is 9.31. The molecule has 0 bridgehead atoms. The molecule has 36 heavy (non-hydrogen) atoms. The highest BCUT2D eigenvalue weighted by Crippen LogP contribution is 2.28. The Morgan fingerprint density at radius 1 is 1.14 bits per heavy atom. The molecule has 0 spiro atoms. The molecule has 0 saturated carbocycles. The Bertz CT molecular complexity index is 1590. The average molecular weight is 523 g/mol. The van der Waals surface area contributed by atoms with Gasteiger partial charge in [-0.3, -0.25) is 9.36 Å². The van der Waals surface area contributed by atoms with Crippen LogP contribution in [-0.4, -0.2) is 37.2 Å². The van der Waals surface area contributed by atoms with Crippen molar-refractivity contribution in [1.29, 1.82) is 0 Å². The lowest BCUT2D eigenvalue weighted by atomic mass is 9.98. The van der Waals surface area contributed by atoms with Crippen LogP contribution in [-0.2, 0) is 0 Å². The van der Waals surface area contributed by atoms with Crippen molar-refractivity contribution < 1.29 is 9.18 Å². The Labute approximate surface area is 216 Å². The molecule has 0 aliphatic rings. The maximum Gasteiger partial charge on any atom is 0.252 e. The number of carbonyl (C=O) groups excluding carboxylic acids is 1. The number of amides is 1. The fourth-order valence-corrected chi connectivity index (χ4v) is 4.73. The van der Waals surface area contributed by atoms with Crippen LogP contribution in [0.4, 0.5) is 4.39 Å². The van der Waals surface area contributed by atoms with Gasteiger partial charge in [-0.25, -0.2) is 9.37 Å². The molecular formula is C26H21Cl2FN6O. The van der Waals surface area contributed by atoms with Crippen LogP contribution in [0.2, 0.25) is 10.0 Å². The zero-order valence-electron chi connectivity index (χ0n) is 19.4. The fraction of sp³-hybridized carbons (Fsp3) is 0.154. The van der Waals surface area contributed by atoms with Crippen molar-refractivity contribution in [1.82, 2.24) is 30.0 Å². The number of nitrogens with one attached hydrogen (secondary N) is 2. The molecule has 182 valence electrons. The summed E-state index contributed by atoms with van der Waals surface area (Å²) in [7, 11) is 0. The summed E-state index contributed by atoms with van der Waals surface area (Å²) < 4.78 is 15.9. The molecule has 0 radical (unpaired) electrons. The van der Waals surface area contributed by atoms with Crippen LogP contribution in [0.3, 0.4) is 0 Å². The van der Waals surface area contributed by atoms with E-state index in [1.807, 2.05) is 19.9 Å². The first-order valence-corrected chi connectivity index (χ1v) is 11.9. The van der Waals surface area contributed by atoms with Gasteiger partial charge < -0.3 is 10.3 Å². The van der Waals surface area contributed by atoms with Crippen molar-refractivity contribution in [2.45, 2.75) is 19.8 Å². The number of aryl methyl sites for hydroxylation is 2. The van der Waals surface area contributed by atoms with Gasteiger partial charge in [-0.1, -0.05) is 35.3 Å². The first-order chi connectivity index (χ1) is 17.3. The Hall–Kier alpha value is -3.75. The lowest BCUT2D eigenvalue weighted by Gasteiger charge is -2.17. The highest BCUT2D eigenvalue weighted by Gasteiger charge is 2.22. The quantitative estimate of drug-likeness (QED) is 0.296. The van der Waals surface area contributed by atoms with Gasteiger partial charge in [0.2, 0.25) is 0 Å². The minimum atomic E-state index is -0.437. The van der Waals surface area contributed by atoms with Crippen molar-refractivity contribution in [2.75, 3.05) is 6.54 Å². The van der Waals surface area contributed by atoms with Crippen LogP contribution >= 0.6 is 23.2 Å². The summed E-state index contributed by atoms with van der Waals surface area (Å²) in [5.74, 6) is 0.119. The summed E-state index contributed by atoms with van der Waals surface area (Å²) in [6.07, 6.45) is 1.58. The van der Waals surface area contributed by atoms with Gasteiger partial charge in [-0.15, -0.1) is 10.2 Å². The van der Waals surface area contributed by atoms with Gasteiger partial charge in [0, 0.05) is 17.3 Å². The third kappa shape index (κ3) is 4.69. The van der Waals surface area contributed by atoms with Crippen LogP contribution in [0, 0.1) is 19.7 Å². The second kappa shape index (κ2) is 9.72. The first-order valence-electron chi connectivity index (χ1n) is 11.2. The summed E-state index contributed by atoms with van der Waals surface area (Å²) in [4.78, 5) is 21.1. The minimum absolute atomic E-state index is 0.164. The summed E-state index contributed by atoms with van der Waals surface area (Å²) in [5, 5.41) is 11.6. The maximum atomic E-state index is 14.1. The molecule has 5 rings (SSSR count). The summed E-state index contributed by atoms with van der Waals surface area (Å²) in [6.45, 7) is 3.91. The monoisotopic (exact) mass is 522 g/mol. The molecule has 2 aromatic heterocycles. The SMILES string of the molecule is Cc1cc(Cl)cc2[nH]c(C(CNC(=O)c3ccc(-n4cnnc4C)cc3Cl)c3cccc(F)c3)nc12. The number of imidazole rings is 1. The molecule has 2 heterocycles. The molecular weight excluding hydrogens is 502 g/mol. The third-order valence-corrected chi connectivity index (χ3v) is 6.53. The topological polar surface area (TPSA) is 88.5 Å². The van der Waals surface area contributed by atoms with Gasteiger partial charge in [0.25, 0.3) is 5.91 Å². The van der Waals surface area contributed by atoms with E-state index in [1.54, 1.807) is 47.3 Å². The van der Waals surface area contributed by atoms with Crippen molar-refractivity contribution in [3.05, 3.63) is 105 Å². The van der Waals surface area contributed by atoms with E-state index in [-0.39, 0.29) is 23.3 Å². The predicted molar refractivity (Wildman–Crippen MR) is 138 cm³/mol. The summed E-state index contributed by atoms with van der Waals surface area (Å²) in [5.41, 5.74) is 4.18. The molecule has 1 unspecified atom stereocenters. The van der Waals surface area contributed by atoms with E-state index in [2.05, 4.69) is 20.5 Å². The largest absolute Gasteiger partial charge is 0.351 e. The number of H-pyrrole nitrogens is 1. The first kappa shape index (κ1) is 24.0. The van der Waals surface area contributed by atoms with E-state index < -0.39 is 5.92 Å². The van der Waals surface area contributed by atoms with Crippen LogP contribution < -0.4 is 5.32 Å². The molecule has 0 fully saturated rings. The number of fused-ring (bicyclic) bond motifs is 1. The van der Waals surface area contributed by atoms with Gasteiger partial charge in [0.1, 0.15) is 23.8 Å². The minimum Gasteiger partial charge on any atom is -0.351 e. The summed E-state index contributed by atoms with van der Waals surface area (Å²) >= 11 is 12.7. The number of rotatable bonds is 6. The van der Waals surface area contributed by atoms with Crippen LogP contribution in [0.1, 0.15) is 39.1 Å². The van der Waals surface area contributed by atoms with Gasteiger partial charge in [0.05, 0.1) is 27.5 Å². The molecule has 1 atom stereocenters. The van der Waals surface area contributed by atoms with Gasteiger partial charge in [0.15, 0.2) is 0 Å². The highest BCUT2D eigenvalue weighted by atomic mass is 35.5. The predicted octanol–water partition coefficient (Wildman–Crippen LogP) is 5.77. The zero-order chi connectivity index (χ0) is 25.4. The summed E-state index contributed by atoms with van der Waals surface area (Å²) in [6, 6.07) is 15.0. The van der Waals surface area contributed by atoms with Crippen molar-refractivity contribution in [3.63, 3.8) is 0 Å². The third-order valence-electron chi connectivity index (χ3n) is 6.00. The molecule has 0 aliphatic heterocycles. The average Bonchev–Trinajstić information content (AvgIpc) is 3.45. The molecule has 0 saturated heterocycles. The smallest absolute Gasteiger partial charge is 0.252 e. The standard InChI is InChI=1S/C26H21Cl2FN6O/c1-14-8-17(27)10-23-24(14)33-25(32-23)21(16-4-3-5-18(29)9-16)12-30-26(36)20-7-6-19(11-22(20)28)35-13-31-34-15(35)2/h3-11,13,21H,12H2,1-2H3,(H,30,36)(H,32,33). The number of nitrogens with zero attached hydrogens (tertiary/aromatic N) is 4. The molecule has 1 amide bonds. The Kier molecular flexibility index (Phi) is 6.47. The van der Waals surface area contributed by atoms with Gasteiger partial charge in [-0.05, 0) is 67.4 Å².